The quantitative estimate of drug-likeness (QED) is 0.265. The van der Waals surface area contributed by atoms with Crippen LogP contribution in [-0.4, -0.2) is 22.1 Å². The molecule has 1 heterocycles. The highest BCUT2D eigenvalue weighted by Gasteiger charge is 2.41. The third-order valence-corrected chi connectivity index (χ3v) is 8.34. The maximum atomic E-state index is 13.4. The van der Waals surface area contributed by atoms with Gasteiger partial charge in [0.2, 0.25) is 5.91 Å². The van der Waals surface area contributed by atoms with Crippen LogP contribution in [0.1, 0.15) is 114 Å². The van der Waals surface area contributed by atoms with Crippen molar-refractivity contribution in [1.29, 1.82) is 0 Å². The van der Waals surface area contributed by atoms with E-state index in [0.29, 0.717) is 24.2 Å². The molecule has 3 aromatic rings. The summed E-state index contributed by atoms with van der Waals surface area (Å²) in [7, 11) is 0. The van der Waals surface area contributed by atoms with E-state index in [4.69, 9.17) is 4.52 Å². The Kier molecular flexibility index (Phi) is 7.92. The molecule has 0 unspecified atom stereocenters. The maximum Gasteiger partial charge on any atom is 0.335 e. The maximum absolute atomic E-state index is 13.4. The second-order valence-corrected chi connectivity index (χ2v) is 12.3. The first-order chi connectivity index (χ1) is 18.7. The molecule has 6 nitrogen and oxygen atoms in total. The van der Waals surface area contributed by atoms with Crippen LogP contribution in [0.25, 0.3) is 0 Å². The summed E-state index contributed by atoms with van der Waals surface area (Å²) in [6, 6.07) is 13.0. The molecule has 2 aromatic carbocycles. The van der Waals surface area contributed by atoms with Crippen molar-refractivity contribution in [1.82, 2.24) is 5.16 Å². The van der Waals surface area contributed by atoms with Crippen molar-refractivity contribution in [3.8, 4) is 0 Å². The van der Waals surface area contributed by atoms with E-state index in [1.165, 1.54) is 12.0 Å². The fraction of sp³-hybridized carbons (Fsp3) is 0.485. The molecular weight excluding hydrogens is 488 g/mol. The summed E-state index contributed by atoms with van der Waals surface area (Å²) in [5.41, 5.74) is 6.41. The lowest BCUT2D eigenvalue weighted by atomic mass is 9.69. The lowest BCUT2D eigenvalue weighted by Gasteiger charge is -2.35. The molecule has 0 spiro atoms. The number of rotatable bonds is 11. The van der Waals surface area contributed by atoms with Crippen LogP contribution in [0.3, 0.4) is 0 Å². The molecule has 6 heteroatoms. The average Bonchev–Trinajstić information content (AvgIpc) is 3.61. The van der Waals surface area contributed by atoms with Crippen LogP contribution in [0.15, 0.2) is 47.0 Å². The molecule has 1 atom stereocenters. The summed E-state index contributed by atoms with van der Waals surface area (Å²) >= 11 is 0. The summed E-state index contributed by atoms with van der Waals surface area (Å²) in [4.78, 5) is 24.7. The molecule has 1 aromatic heterocycles. The predicted octanol–water partition coefficient (Wildman–Crippen LogP) is 7.76. The highest BCUT2D eigenvalue weighted by atomic mass is 16.5. The van der Waals surface area contributed by atoms with E-state index in [9.17, 15) is 14.7 Å². The van der Waals surface area contributed by atoms with Crippen molar-refractivity contribution in [3.63, 3.8) is 0 Å². The van der Waals surface area contributed by atoms with Gasteiger partial charge in [-0.2, -0.15) is 0 Å². The fourth-order valence-corrected chi connectivity index (χ4v) is 6.22. The van der Waals surface area contributed by atoms with Gasteiger partial charge in [0.05, 0.1) is 11.3 Å². The van der Waals surface area contributed by atoms with Crippen LogP contribution in [0.2, 0.25) is 0 Å². The van der Waals surface area contributed by atoms with Gasteiger partial charge in [-0.25, -0.2) is 4.79 Å². The summed E-state index contributed by atoms with van der Waals surface area (Å²) in [6.07, 6.45) is 6.70. The molecule has 5 rings (SSSR count). The van der Waals surface area contributed by atoms with Gasteiger partial charge < -0.3 is 14.9 Å². The Hall–Kier alpha value is -3.41. The third kappa shape index (κ3) is 6.43. The molecule has 0 aliphatic heterocycles. The number of aromatic carboxylic acids is 1. The zero-order valence-electron chi connectivity index (χ0n) is 23.5. The first kappa shape index (κ1) is 27.2. The van der Waals surface area contributed by atoms with Gasteiger partial charge in [-0.1, -0.05) is 48.8 Å². The highest BCUT2D eigenvalue weighted by molar-refractivity contribution is 5.92. The minimum atomic E-state index is -0.945. The molecule has 2 aliphatic carbocycles. The van der Waals surface area contributed by atoms with Crippen molar-refractivity contribution in [2.24, 2.45) is 11.8 Å². The number of carboxylic acids is 1. The summed E-state index contributed by atoms with van der Waals surface area (Å²) in [5, 5.41) is 17.1. The van der Waals surface area contributed by atoms with Gasteiger partial charge in [0.1, 0.15) is 5.76 Å². The van der Waals surface area contributed by atoms with E-state index in [0.717, 1.165) is 65.4 Å². The van der Waals surface area contributed by atoms with Crippen LogP contribution in [0.5, 0.6) is 0 Å². The Bertz CT molecular complexity index is 1330. The fourth-order valence-electron chi connectivity index (χ4n) is 6.22. The summed E-state index contributed by atoms with van der Waals surface area (Å²) in [6.45, 7) is 8.61. The molecule has 2 fully saturated rings. The summed E-state index contributed by atoms with van der Waals surface area (Å²) < 4.78 is 6.10. The van der Waals surface area contributed by atoms with Crippen LogP contribution in [0, 0.1) is 25.7 Å². The number of nitrogens with zero attached hydrogens (tertiary/aromatic N) is 1. The molecule has 1 amide bonds. The normalized spacial score (nSPS) is 19.5. The topological polar surface area (TPSA) is 92.4 Å². The van der Waals surface area contributed by atoms with Gasteiger partial charge in [0.15, 0.2) is 0 Å². The molecular formula is C33H40N2O4. The number of amides is 1. The van der Waals surface area contributed by atoms with Crippen molar-refractivity contribution >= 4 is 17.6 Å². The number of anilines is 1. The standard InChI is InChI=1S/C33H40N2O4/c1-19(2)13-23-16-27(17-23)32-30(24-10-11-24)31(35-39-32)26(15-22-6-8-25(9-7-22)33(37)38)18-29(36)34-28-12-5-20(3)14-21(28)4/h5-9,12,14,19,23-24,26-27H,10-11,13,15-18H2,1-4H3,(H,34,36)(H,37,38)/t23?,26-,27?/m0/s1. The molecule has 39 heavy (non-hydrogen) atoms. The second kappa shape index (κ2) is 11.4. The highest BCUT2D eigenvalue weighted by Crippen LogP contribution is 2.52. The van der Waals surface area contributed by atoms with E-state index >= 15 is 0 Å². The monoisotopic (exact) mass is 528 g/mol. The van der Waals surface area contributed by atoms with Gasteiger partial charge in [-0.05, 0) is 99.5 Å². The van der Waals surface area contributed by atoms with Crippen LogP contribution in [0.4, 0.5) is 5.69 Å². The number of benzene rings is 2. The van der Waals surface area contributed by atoms with Gasteiger partial charge in [0, 0.05) is 29.5 Å². The number of carbonyl (C=O) groups is 2. The average molecular weight is 529 g/mol. The van der Waals surface area contributed by atoms with Crippen LogP contribution >= 0.6 is 0 Å². The molecule has 2 N–H and O–H groups in total. The Labute approximate surface area is 231 Å². The van der Waals surface area contributed by atoms with Gasteiger partial charge >= 0.3 is 5.97 Å². The van der Waals surface area contributed by atoms with Crippen molar-refractivity contribution < 1.29 is 19.2 Å². The zero-order chi connectivity index (χ0) is 27.7. The largest absolute Gasteiger partial charge is 0.478 e. The molecule has 2 aliphatic rings. The molecule has 2 saturated carbocycles. The number of nitrogens with one attached hydrogen (secondary N) is 1. The number of hydrogen-bond acceptors (Lipinski definition) is 4. The summed E-state index contributed by atoms with van der Waals surface area (Å²) in [5.74, 6) is 2.23. The lowest BCUT2D eigenvalue weighted by Crippen LogP contribution is -2.24. The minimum absolute atomic E-state index is 0.0546. The predicted molar refractivity (Wildman–Crippen MR) is 152 cm³/mol. The Morgan fingerprint density at radius 3 is 2.38 bits per heavy atom. The smallest absolute Gasteiger partial charge is 0.335 e. The first-order valence-electron chi connectivity index (χ1n) is 14.4. The Morgan fingerprint density at radius 1 is 1.05 bits per heavy atom. The zero-order valence-corrected chi connectivity index (χ0v) is 23.5. The van der Waals surface area contributed by atoms with Crippen molar-refractivity contribution in [2.75, 3.05) is 5.32 Å². The third-order valence-electron chi connectivity index (χ3n) is 8.34. The number of aryl methyl sites for hydroxylation is 2. The second-order valence-electron chi connectivity index (χ2n) is 12.3. The van der Waals surface area contributed by atoms with E-state index in [1.807, 2.05) is 38.1 Å². The number of carbonyl (C=O) groups excluding carboxylic acids is 1. The van der Waals surface area contributed by atoms with Gasteiger partial charge in [0.25, 0.3) is 0 Å². The van der Waals surface area contributed by atoms with Crippen LogP contribution < -0.4 is 5.32 Å². The molecule has 0 radical (unpaired) electrons. The van der Waals surface area contributed by atoms with Crippen molar-refractivity contribution in [3.05, 3.63) is 81.7 Å². The SMILES string of the molecule is Cc1ccc(NC(=O)C[C@H](Cc2ccc(C(=O)O)cc2)c2noc(C3CC(CC(C)C)C3)c2C2CC2)c(C)c1. The molecule has 0 saturated heterocycles. The minimum Gasteiger partial charge on any atom is -0.478 e. The Balaban J connectivity index is 1.40. The van der Waals surface area contributed by atoms with E-state index in [1.54, 1.807) is 12.1 Å². The van der Waals surface area contributed by atoms with E-state index in [-0.39, 0.29) is 23.8 Å². The van der Waals surface area contributed by atoms with E-state index < -0.39 is 5.97 Å². The van der Waals surface area contributed by atoms with E-state index in [2.05, 4.69) is 30.4 Å². The Morgan fingerprint density at radius 2 is 1.77 bits per heavy atom. The first-order valence-corrected chi connectivity index (χ1v) is 14.4. The van der Waals surface area contributed by atoms with Crippen LogP contribution in [-0.2, 0) is 11.2 Å². The number of hydrogen-bond donors (Lipinski definition) is 2. The number of aromatic nitrogens is 1. The lowest BCUT2D eigenvalue weighted by molar-refractivity contribution is -0.116. The van der Waals surface area contributed by atoms with Gasteiger partial charge in [-0.15, -0.1) is 0 Å². The van der Waals surface area contributed by atoms with Gasteiger partial charge in [-0.3, -0.25) is 4.79 Å². The van der Waals surface area contributed by atoms with Crippen molar-refractivity contribution in [2.45, 2.75) is 90.4 Å². The molecule has 0 bridgehead atoms. The molecule has 206 valence electrons. The number of carboxylic acid groups (broad SMARTS) is 1.